The molecule has 2 N–H and O–H groups in total. The normalized spacial score (nSPS) is 24.4. The molecule has 0 aromatic heterocycles. The summed E-state index contributed by atoms with van der Waals surface area (Å²) in [6.07, 6.45) is 3.43. The number of likely N-dealkylation sites (tertiary alicyclic amines) is 2. The number of nitrogens with two attached hydrogens (primary N) is 1. The van der Waals surface area contributed by atoms with Crippen molar-refractivity contribution in [3.63, 3.8) is 0 Å². The van der Waals surface area contributed by atoms with Crippen LogP contribution in [0.5, 0.6) is 5.75 Å². The number of amides is 2. The van der Waals surface area contributed by atoms with Crippen LogP contribution in [-0.2, 0) is 9.59 Å². The predicted molar refractivity (Wildman–Crippen MR) is 105 cm³/mol. The van der Waals surface area contributed by atoms with Gasteiger partial charge in [-0.1, -0.05) is 18.2 Å². The van der Waals surface area contributed by atoms with Crippen molar-refractivity contribution in [1.29, 1.82) is 0 Å². The lowest BCUT2D eigenvalue weighted by Crippen LogP contribution is -2.45. The van der Waals surface area contributed by atoms with Crippen LogP contribution in [0.25, 0.3) is 0 Å². The van der Waals surface area contributed by atoms with Crippen LogP contribution in [0.4, 0.5) is 0 Å². The van der Waals surface area contributed by atoms with Crippen molar-refractivity contribution < 1.29 is 14.3 Å². The van der Waals surface area contributed by atoms with Crippen molar-refractivity contribution in [2.45, 2.75) is 44.6 Å². The van der Waals surface area contributed by atoms with Gasteiger partial charge in [0.25, 0.3) is 0 Å². The molecule has 0 bridgehead atoms. The number of rotatable bonds is 3. The summed E-state index contributed by atoms with van der Waals surface area (Å²) in [4.78, 5) is 28.6. The van der Waals surface area contributed by atoms with E-state index in [1.807, 2.05) is 23.1 Å². The Morgan fingerprint density at radius 2 is 1.74 bits per heavy atom. The first-order chi connectivity index (χ1) is 13.0. The van der Waals surface area contributed by atoms with Crippen LogP contribution in [0.15, 0.2) is 24.3 Å². The molecule has 1 aromatic carbocycles. The third-order valence-electron chi connectivity index (χ3n) is 5.96. The van der Waals surface area contributed by atoms with E-state index in [1.54, 1.807) is 18.9 Å². The van der Waals surface area contributed by atoms with Gasteiger partial charge in [-0.25, -0.2) is 0 Å². The molecule has 0 unspecified atom stereocenters. The Labute approximate surface area is 161 Å². The summed E-state index contributed by atoms with van der Waals surface area (Å²) < 4.78 is 5.50. The maximum Gasteiger partial charge on any atom is 0.227 e. The number of para-hydroxylation sites is 1. The Kier molecular flexibility index (Phi) is 6.37. The van der Waals surface area contributed by atoms with E-state index in [0.717, 1.165) is 44.5 Å². The van der Waals surface area contributed by atoms with E-state index in [4.69, 9.17) is 10.5 Å². The largest absolute Gasteiger partial charge is 0.496 e. The van der Waals surface area contributed by atoms with Gasteiger partial charge in [-0.15, -0.1) is 0 Å². The molecule has 2 fully saturated rings. The first-order valence-electron chi connectivity index (χ1n) is 9.92. The van der Waals surface area contributed by atoms with E-state index in [-0.39, 0.29) is 23.8 Å². The zero-order valence-electron chi connectivity index (χ0n) is 16.4. The molecule has 2 atom stereocenters. The Balaban J connectivity index is 1.61. The highest BCUT2D eigenvalue weighted by Gasteiger charge is 2.33. The molecule has 2 heterocycles. The highest BCUT2D eigenvalue weighted by molar-refractivity contribution is 5.80. The summed E-state index contributed by atoms with van der Waals surface area (Å²) in [7, 11) is 1.70. The number of nitrogens with zero attached hydrogens (tertiary/aromatic N) is 2. The van der Waals surface area contributed by atoms with Crippen molar-refractivity contribution in [1.82, 2.24) is 9.80 Å². The number of benzene rings is 1. The fourth-order valence-corrected chi connectivity index (χ4v) is 4.35. The van der Waals surface area contributed by atoms with Crippen molar-refractivity contribution in [2.24, 2.45) is 11.7 Å². The summed E-state index contributed by atoms with van der Waals surface area (Å²) in [5.41, 5.74) is 7.31. The molecule has 0 aliphatic carbocycles. The van der Waals surface area contributed by atoms with Gasteiger partial charge in [-0.2, -0.15) is 0 Å². The molecule has 6 nitrogen and oxygen atoms in total. The summed E-state index contributed by atoms with van der Waals surface area (Å²) >= 11 is 0. The molecule has 2 aliphatic rings. The van der Waals surface area contributed by atoms with Crippen LogP contribution in [0.1, 0.15) is 44.1 Å². The molecule has 148 valence electrons. The fraction of sp³-hybridized carbons (Fsp3) is 0.619. The number of carbonyl (C=O) groups is 2. The Morgan fingerprint density at radius 1 is 1.04 bits per heavy atom. The molecule has 2 amide bonds. The SMILES string of the molecule is COc1ccccc1C1CCN(C(=O)[C@@H]2CC[C@H](N)CN(C(C)=O)C2)CC1. The standard InChI is InChI=1S/C21H31N3O3/c1-15(25)24-13-17(7-8-18(22)14-24)21(26)23-11-9-16(10-12-23)19-5-3-4-6-20(19)27-2/h3-6,16-18H,7-14,22H2,1-2H3/t17-,18+/m1/s1. The van der Waals surface area contributed by atoms with Gasteiger partial charge in [0.15, 0.2) is 0 Å². The van der Waals surface area contributed by atoms with Gasteiger partial charge >= 0.3 is 0 Å². The topological polar surface area (TPSA) is 75.9 Å². The van der Waals surface area contributed by atoms with E-state index >= 15 is 0 Å². The third-order valence-corrected chi connectivity index (χ3v) is 5.96. The molecule has 0 saturated carbocycles. The second kappa shape index (κ2) is 8.74. The number of hydrogen-bond donors (Lipinski definition) is 1. The van der Waals surface area contributed by atoms with Crippen LogP contribution >= 0.6 is 0 Å². The van der Waals surface area contributed by atoms with Crippen molar-refractivity contribution in [2.75, 3.05) is 33.3 Å². The van der Waals surface area contributed by atoms with E-state index < -0.39 is 0 Å². The molecular weight excluding hydrogens is 342 g/mol. The predicted octanol–water partition coefficient (Wildman–Crippen LogP) is 1.99. The minimum absolute atomic E-state index is 0.0000285. The minimum Gasteiger partial charge on any atom is -0.496 e. The lowest BCUT2D eigenvalue weighted by atomic mass is 9.88. The van der Waals surface area contributed by atoms with Crippen molar-refractivity contribution in [3.8, 4) is 5.75 Å². The van der Waals surface area contributed by atoms with E-state index in [9.17, 15) is 9.59 Å². The smallest absolute Gasteiger partial charge is 0.227 e. The van der Waals surface area contributed by atoms with Gasteiger partial charge in [-0.05, 0) is 43.2 Å². The highest BCUT2D eigenvalue weighted by Crippen LogP contribution is 2.34. The lowest BCUT2D eigenvalue weighted by molar-refractivity contribution is -0.138. The summed E-state index contributed by atoms with van der Waals surface area (Å²) in [6, 6.07) is 8.11. The number of ether oxygens (including phenoxy) is 1. The van der Waals surface area contributed by atoms with Crippen LogP contribution < -0.4 is 10.5 Å². The average molecular weight is 373 g/mol. The van der Waals surface area contributed by atoms with Crippen LogP contribution in [0, 0.1) is 5.92 Å². The van der Waals surface area contributed by atoms with Gasteiger partial charge < -0.3 is 20.3 Å². The molecule has 3 rings (SSSR count). The van der Waals surface area contributed by atoms with E-state index in [0.29, 0.717) is 19.0 Å². The monoisotopic (exact) mass is 373 g/mol. The fourth-order valence-electron chi connectivity index (χ4n) is 4.35. The van der Waals surface area contributed by atoms with E-state index in [2.05, 4.69) is 6.07 Å². The van der Waals surface area contributed by atoms with Gasteiger partial charge in [0.05, 0.1) is 13.0 Å². The van der Waals surface area contributed by atoms with Crippen molar-refractivity contribution in [3.05, 3.63) is 29.8 Å². The minimum atomic E-state index is -0.134. The molecule has 27 heavy (non-hydrogen) atoms. The Morgan fingerprint density at radius 3 is 2.41 bits per heavy atom. The van der Waals surface area contributed by atoms with Gasteiger partial charge in [0.2, 0.25) is 11.8 Å². The van der Waals surface area contributed by atoms with Crippen LogP contribution in [-0.4, -0.2) is 60.9 Å². The Hall–Kier alpha value is -2.08. The molecule has 2 saturated heterocycles. The Bertz CT molecular complexity index is 670. The zero-order valence-corrected chi connectivity index (χ0v) is 16.4. The number of hydrogen-bond acceptors (Lipinski definition) is 4. The molecular formula is C21H31N3O3. The highest BCUT2D eigenvalue weighted by atomic mass is 16.5. The van der Waals surface area contributed by atoms with Gasteiger partial charge in [0.1, 0.15) is 5.75 Å². The first-order valence-corrected chi connectivity index (χ1v) is 9.92. The number of carbonyl (C=O) groups excluding carboxylic acids is 2. The van der Waals surface area contributed by atoms with Crippen LogP contribution in [0.2, 0.25) is 0 Å². The second-order valence-electron chi connectivity index (χ2n) is 7.80. The van der Waals surface area contributed by atoms with Crippen LogP contribution in [0.3, 0.4) is 0 Å². The zero-order chi connectivity index (χ0) is 19.4. The maximum atomic E-state index is 13.1. The van der Waals surface area contributed by atoms with Gasteiger partial charge in [0, 0.05) is 39.1 Å². The average Bonchev–Trinajstić information content (AvgIpc) is 2.89. The molecule has 0 radical (unpaired) electrons. The number of methoxy groups -OCH3 is 1. The summed E-state index contributed by atoms with van der Waals surface area (Å²) in [6.45, 7) is 4.11. The molecule has 6 heteroatoms. The molecule has 1 aromatic rings. The van der Waals surface area contributed by atoms with Gasteiger partial charge in [-0.3, -0.25) is 9.59 Å². The van der Waals surface area contributed by atoms with E-state index in [1.165, 1.54) is 5.56 Å². The van der Waals surface area contributed by atoms with Crippen molar-refractivity contribution >= 4 is 11.8 Å². The maximum absolute atomic E-state index is 13.1. The lowest BCUT2D eigenvalue weighted by Gasteiger charge is -2.35. The third kappa shape index (κ3) is 4.61. The first kappa shape index (κ1) is 19.7. The second-order valence-corrected chi connectivity index (χ2v) is 7.80. The quantitative estimate of drug-likeness (QED) is 0.879. The summed E-state index contributed by atoms with van der Waals surface area (Å²) in [5.74, 6) is 1.39. The number of piperidine rings is 1. The molecule has 0 spiro atoms. The molecule has 2 aliphatic heterocycles. The summed E-state index contributed by atoms with van der Waals surface area (Å²) in [5, 5.41) is 0.